The van der Waals surface area contributed by atoms with Crippen LogP contribution in [0.2, 0.25) is 0 Å². The van der Waals surface area contributed by atoms with Crippen LogP contribution < -0.4 is 5.32 Å². The van der Waals surface area contributed by atoms with Gasteiger partial charge in [0.15, 0.2) is 0 Å². The molecule has 8 aliphatic rings. The molecule has 8 rings (SSSR count). The molecule has 3 spiro atoms. The van der Waals surface area contributed by atoms with E-state index in [1.54, 1.807) is 13.5 Å². The number of aliphatic carboxylic acids is 2. The molecule has 3 amide bonds. The van der Waals surface area contributed by atoms with Gasteiger partial charge in [-0.3, -0.25) is 14.4 Å². The number of carbonyl (C=O) groups excluding carboxylic acids is 3. The Morgan fingerprint density at radius 2 is 0.892 bits per heavy atom. The third-order valence-corrected chi connectivity index (χ3v) is 20.4. The van der Waals surface area contributed by atoms with Crippen molar-refractivity contribution in [2.75, 3.05) is 97.3 Å². The predicted octanol–water partition coefficient (Wildman–Crippen LogP) is 3.32. The van der Waals surface area contributed by atoms with E-state index in [0.29, 0.717) is 64.8 Å². The van der Waals surface area contributed by atoms with Gasteiger partial charge in [0.05, 0.1) is 24.7 Å². The number of carbonyl (C=O) groups is 5. The predicted molar refractivity (Wildman–Crippen MR) is 267 cm³/mol. The second kappa shape index (κ2) is 23.3. The van der Waals surface area contributed by atoms with Crippen LogP contribution in [0.15, 0.2) is 0 Å². The minimum absolute atomic E-state index is 0.0234. The fraction of sp³-hybridized carbons (Fsp3) is 0.894. The first kappa shape index (κ1) is 61.5. The van der Waals surface area contributed by atoms with Crippen molar-refractivity contribution in [3.8, 4) is 0 Å². The maximum atomic E-state index is 13.0. The van der Waals surface area contributed by atoms with Gasteiger partial charge in [-0.25, -0.2) is 47.8 Å². The quantitative estimate of drug-likeness (QED) is 0.344. The summed E-state index contributed by atoms with van der Waals surface area (Å²) in [5.41, 5.74) is -0.0632. The highest BCUT2D eigenvalue weighted by Gasteiger charge is 2.53. The van der Waals surface area contributed by atoms with Crippen LogP contribution in [-0.2, 0) is 54.0 Å². The monoisotopic (exact) mass is 1120 g/mol. The number of rotatable bonds is 6. The van der Waals surface area contributed by atoms with Gasteiger partial charge in [-0.15, -0.1) is 0 Å². The number of alkyl halides is 3. The van der Waals surface area contributed by atoms with Gasteiger partial charge in [-0.2, -0.15) is 13.2 Å². The third-order valence-electron chi connectivity index (χ3n) is 16.5. The molecule has 0 unspecified atom stereocenters. The van der Waals surface area contributed by atoms with E-state index < -0.39 is 53.8 Å². The molecular formula is C47H80F3N7O14S3. The first-order valence-corrected chi connectivity index (χ1v) is 31.1. The number of amides is 3. The number of ether oxygens (including phenoxy) is 1. The van der Waals surface area contributed by atoms with Crippen LogP contribution in [0.5, 0.6) is 0 Å². The minimum Gasteiger partial charge on any atom is -0.481 e. The lowest BCUT2D eigenvalue weighted by Crippen LogP contribution is -2.59. The van der Waals surface area contributed by atoms with Gasteiger partial charge in [-0.05, 0) is 128 Å². The Bertz CT molecular complexity index is 2360. The van der Waals surface area contributed by atoms with Gasteiger partial charge in [0.2, 0.25) is 41.9 Å². The van der Waals surface area contributed by atoms with Crippen LogP contribution in [0.1, 0.15) is 112 Å². The van der Waals surface area contributed by atoms with Crippen molar-refractivity contribution in [3.63, 3.8) is 0 Å². The second-order valence-electron chi connectivity index (χ2n) is 23.3. The maximum Gasteiger partial charge on any atom is 0.490 e. The summed E-state index contributed by atoms with van der Waals surface area (Å²) >= 11 is 0. The fourth-order valence-electron chi connectivity index (χ4n) is 12.0. The van der Waals surface area contributed by atoms with Crippen molar-refractivity contribution in [1.29, 1.82) is 0 Å². The summed E-state index contributed by atoms with van der Waals surface area (Å²) in [6, 6.07) is 0.247. The summed E-state index contributed by atoms with van der Waals surface area (Å²) in [5.74, 6) is -3.00. The Morgan fingerprint density at radius 3 is 1.18 bits per heavy atom. The molecule has 21 nitrogen and oxygen atoms in total. The number of piperazine rings is 2. The summed E-state index contributed by atoms with van der Waals surface area (Å²) in [6.07, 6.45) is 8.50. The van der Waals surface area contributed by atoms with Gasteiger partial charge < -0.3 is 35.0 Å². The van der Waals surface area contributed by atoms with E-state index in [9.17, 15) is 57.6 Å². The average molecular weight is 1120 g/mol. The zero-order chi connectivity index (χ0) is 55.6. The second-order valence-corrected chi connectivity index (χ2v) is 29.3. The van der Waals surface area contributed by atoms with E-state index in [4.69, 9.17) is 19.7 Å². The van der Waals surface area contributed by atoms with Crippen LogP contribution in [0.4, 0.5) is 18.0 Å². The smallest absolute Gasteiger partial charge is 0.481 e. The van der Waals surface area contributed by atoms with Crippen molar-refractivity contribution < 1.29 is 77.3 Å². The van der Waals surface area contributed by atoms with E-state index >= 15 is 0 Å². The first-order chi connectivity index (χ1) is 33.9. The molecule has 426 valence electrons. The summed E-state index contributed by atoms with van der Waals surface area (Å²) in [6.45, 7) is 17.2. The highest BCUT2D eigenvalue weighted by atomic mass is 32.2. The lowest BCUT2D eigenvalue weighted by molar-refractivity contribution is -0.192. The van der Waals surface area contributed by atoms with Crippen molar-refractivity contribution >= 4 is 59.9 Å². The Kier molecular flexibility index (Phi) is 19.4. The lowest BCUT2D eigenvalue weighted by Gasteiger charge is -2.53. The maximum absolute atomic E-state index is 13.0. The summed E-state index contributed by atoms with van der Waals surface area (Å²) in [4.78, 5) is 63.2. The molecule has 0 aromatic heterocycles. The molecule has 3 N–H and O–H groups in total. The summed E-state index contributed by atoms with van der Waals surface area (Å²) < 4.78 is 111. The zero-order valence-corrected chi connectivity index (χ0v) is 46.6. The number of piperidine rings is 3. The summed E-state index contributed by atoms with van der Waals surface area (Å²) in [5, 5.41) is 19.3. The van der Waals surface area contributed by atoms with E-state index in [1.807, 2.05) is 37.5 Å². The Hall–Kier alpha value is -3.37. The molecule has 5 saturated heterocycles. The standard InChI is InChI=1S/C20H35N3O5S.C15H27N3O3S.C10H17NO4S.C2HF3O2/c1-15-14-21(18(25)28-19(2,3)4)10-11-23(15)17(24)16-12-20(13-16)6-8-22(9-7-20)29(5,26)27;1-12-11-16-5-8-18(12)14(19)13-9-15(10-13)3-6-17(7-4-15)22(2,20)21;1-16(14,15)11-4-2-10(3-5-11)6-8(7-10)9(12)13;3-2(4,5)1(6)7/h15-16H,6-14H2,1-5H3;12-13,16H,3-11H2,1-2H3;8H,2-7H2,1H3,(H,12,13);(H,6,7)/t15-;12-;;/m00../s1. The van der Waals surface area contributed by atoms with E-state index in [0.717, 1.165) is 96.7 Å². The number of halogens is 3. The number of carboxylic acids is 2. The van der Waals surface area contributed by atoms with Crippen molar-refractivity contribution in [3.05, 3.63) is 0 Å². The fourth-order valence-corrected chi connectivity index (χ4v) is 14.5. The Labute approximate surface area is 435 Å². The van der Waals surface area contributed by atoms with Gasteiger partial charge in [0.25, 0.3) is 0 Å². The van der Waals surface area contributed by atoms with Crippen molar-refractivity contribution in [2.24, 2.45) is 34.0 Å². The Morgan fingerprint density at radius 1 is 0.554 bits per heavy atom. The number of nitrogens with one attached hydrogen (secondary N) is 1. The van der Waals surface area contributed by atoms with Gasteiger partial charge >= 0.3 is 24.2 Å². The molecule has 8 fully saturated rings. The third kappa shape index (κ3) is 16.1. The van der Waals surface area contributed by atoms with Crippen molar-refractivity contribution in [2.45, 2.75) is 136 Å². The van der Waals surface area contributed by atoms with Gasteiger partial charge in [0, 0.05) is 102 Å². The van der Waals surface area contributed by atoms with Crippen molar-refractivity contribution in [1.82, 2.24) is 32.9 Å². The highest BCUT2D eigenvalue weighted by molar-refractivity contribution is 7.88. The van der Waals surface area contributed by atoms with Crippen LogP contribution in [0.25, 0.3) is 0 Å². The molecule has 0 aromatic carbocycles. The Balaban J connectivity index is 0.000000199. The van der Waals surface area contributed by atoms with E-state index in [1.165, 1.54) is 23.1 Å². The number of sulfonamides is 3. The van der Waals surface area contributed by atoms with Crippen LogP contribution in [0, 0.1) is 34.0 Å². The first-order valence-electron chi connectivity index (χ1n) is 25.6. The van der Waals surface area contributed by atoms with E-state index in [-0.39, 0.29) is 58.1 Å². The molecule has 3 aliphatic carbocycles. The molecule has 0 bridgehead atoms. The topological polar surface area (TPSA) is 269 Å². The zero-order valence-electron chi connectivity index (χ0n) is 44.2. The molecule has 0 radical (unpaired) electrons. The molecule has 3 saturated carbocycles. The molecule has 5 aliphatic heterocycles. The van der Waals surface area contributed by atoms with Crippen LogP contribution >= 0.6 is 0 Å². The normalized spacial score (nSPS) is 27.6. The lowest BCUT2D eigenvalue weighted by atomic mass is 9.57. The average Bonchev–Trinajstić information content (AvgIpc) is 3.25. The highest BCUT2D eigenvalue weighted by Crippen LogP contribution is 2.55. The molecule has 0 aromatic rings. The molecule has 74 heavy (non-hydrogen) atoms. The number of carboxylic acid groups (broad SMARTS) is 2. The van der Waals surface area contributed by atoms with Crippen LogP contribution in [-0.4, -0.2) is 214 Å². The number of nitrogens with zero attached hydrogens (tertiary/aromatic N) is 6. The van der Waals surface area contributed by atoms with Crippen LogP contribution in [0.3, 0.4) is 0 Å². The largest absolute Gasteiger partial charge is 0.490 e. The van der Waals surface area contributed by atoms with Gasteiger partial charge in [0.1, 0.15) is 5.60 Å². The minimum atomic E-state index is -5.08. The molecule has 2 atom stereocenters. The molecule has 5 heterocycles. The summed E-state index contributed by atoms with van der Waals surface area (Å²) in [7, 11) is -9.26. The molecular weight excluding hydrogens is 1040 g/mol. The van der Waals surface area contributed by atoms with E-state index in [2.05, 4.69) is 12.2 Å². The number of hydrogen-bond acceptors (Lipinski definition) is 13. The SMILES string of the molecule is CS(=O)(=O)N1CCC2(CC1)CC(C(=O)O)C2.C[C@H]1CN(C(=O)OC(C)(C)C)CCN1C(=O)C1CC2(CCN(S(C)(=O)=O)CC2)C1.C[C@H]1CNCCN1C(=O)C1CC2(CCN(S(C)(=O)=O)CC2)C1.O=C(O)C(F)(F)F. The molecule has 27 heteroatoms. The number of hydrogen-bond donors (Lipinski definition) is 3. The van der Waals surface area contributed by atoms with Gasteiger partial charge in [-0.1, -0.05) is 0 Å².